The highest BCUT2D eigenvalue weighted by atomic mass is 32.1. The quantitative estimate of drug-likeness (QED) is 0.824. The van der Waals surface area contributed by atoms with Gasteiger partial charge in [-0.15, -0.1) is 11.3 Å². The molecule has 84 valence electrons. The normalized spacial score (nSPS) is 26.3. The van der Waals surface area contributed by atoms with E-state index in [1.807, 2.05) is 11.3 Å². The molecule has 0 aromatic carbocycles. The van der Waals surface area contributed by atoms with Gasteiger partial charge in [0, 0.05) is 10.4 Å². The summed E-state index contributed by atoms with van der Waals surface area (Å²) in [7, 11) is 0. The molecule has 2 heterocycles. The second-order valence-corrected chi connectivity index (χ2v) is 6.20. The Morgan fingerprint density at radius 3 is 2.93 bits per heavy atom. The van der Waals surface area contributed by atoms with Crippen LogP contribution in [0.4, 0.5) is 0 Å². The third-order valence-corrected chi connectivity index (χ3v) is 4.10. The van der Waals surface area contributed by atoms with E-state index in [4.69, 9.17) is 0 Å². The summed E-state index contributed by atoms with van der Waals surface area (Å²) in [5, 5.41) is 5.93. The van der Waals surface area contributed by atoms with E-state index in [2.05, 4.69) is 36.7 Å². The average Bonchev–Trinajstić information content (AvgIpc) is 2.76. The van der Waals surface area contributed by atoms with Crippen molar-refractivity contribution in [1.82, 2.24) is 5.32 Å². The molecule has 1 nitrogen and oxygen atoms in total. The van der Waals surface area contributed by atoms with Crippen LogP contribution in [-0.4, -0.2) is 12.1 Å². The van der Waals surface area contributed by atoms with Crippen LogP contribution in [0.5, 0.6) is 0 Å². The van der Waals surface area contributed by atoms with Gasteiger partial charge in [-0.25, -0.2) is 0 Å². The average molecular weight is 223 g/mol. The van der Waals surface area contributed by atoms with Crippen molar-refractivity contribution in [3.8, 4) is 0 Å². The first-order valence-corrected chi connectivity index (χ1v) is 6.86. The van der Waals surface area contributed by atoms with Gasteiger partial charge in [-0.3, -0.25) is 0 Å². The Hall–Kier alpha value is -0.340. The van der Waals surface area contributed by atoms with Gasteiger partial charge in [0.2, 0.25) is 0 Å². The first-order chi connectivity index (χ1) is 7.20. The fraction of sp³-hybridized carbons (Fsp3) is 0.692. The van der Waals surface area contributed by atoms with Crippen LogP contribution < -0.4 is 5.32 Å². The summed E-state index contributed by atoms with van der Waals surface area (Å²) < 4.78 is 0. The van der Waals surface area contributed by atoms with E-state index in [0.29, 0.717) is 5.54 Å². The zero-order valence-corrected chi connectivity index (χ0v) is 10.6. The van der Waals surface area contributed by atoms with Crippen LogP contribution in [0.1, 0.15) is 38.0 Å². The molecule has 1 saturated heterocycles. The molecule has 2 rings (SSSR count). The van der Waals surface area contributed by atoms with Crippen LogP contribution >= 0.6 is 11.3 Å². The molecule has 0 radical (unpaired) electrons. The van der Waals surface area contributed by atoms with E-state index in [0.717, 1.165) is 5.92 Å². The molecule has 1 fully saturated rings. The molecule has 1 N–H and O–H groups in total. The molecule has 1 aliphatic rings. The minimum atomic E-state index is 0.402. The number of hydrogen-bond acceptors (Lipinski definition) is 2. The van der Waals surface area contributed by atoms with Crippen molar-refractivity contribution in [3.63, 3.8) is 0 Å². The van der Waals surface area contributed by atoms with E-state index in [1.54, 1.807) is 0 Å². The first kappa shape index (κ1) is 11.2. The lowest BCUT2D eigenvalue weighted by Gasteiger charge is -2.31. The molecule has 0 saturated carbocycles. The molecule has 15 heavy (non-hydrogen) atoms. The number of hydrogen-bond donors (Lipinski definition) is 1. The largest absolute Gasteiger partial charge is 0.311 e. The Labute approximate surface area is 96.9 Å². The van der Waals surface area contributed by atoms with Crippen LogP contribution in [-0.2, 0) is 6.42 Å². The van der Waals surface area contributed by atoms with Gasteiger partial charge in [0.1, 0.15) is 0 Å². The van der Waals surface area contributed by atoms with Gasteiger partial charge in [0.05, 0.1) is 0 Å². The zero-order chi connectivity index (χ0) is 10.7. The maximum atomic E-state index is 3.75. The van der Waals surface area contributed by atoms with E-state index >= 15 is 0 Å². The Balaban J connectivity index is 2.05. The topological polar surface area (TPSA) is 12.0 Å². The zero-order valence-electron chi connectivity index (χ0n) is 9.75. The van der Waals surface area contributed by atoms with Gasteiger partial charge < -0.3 is 5.32 Å². The van der Waals surface area contributed by atoms with Crippen LogP contribution in [0.25, 0.3) is 0 Å². The molecule has 0 aliphatic carbocycles. The minimum Gasteiger partial charge on any atom is -0.311 e. The second-order valence-electron chi connectivity index (χ2n) is 5.16. The summed E-state index contributed by atoms with van der Waals surface area (Å²) >= 11 is 1.90. The van der Waals surface area contributed by atoms with Crippen molar-refractivity contribution in [2.24, 2.45) is 5.92 Å². The molecule has 1 aromatic heterocycles. The Morgan fingerprint density at radius 2 is 2.40 bits per heavy atom. The number of thiophene rings is 1. The lowest BCUT2D eigenvalue weighted by molar-refractivity contribution is 0.303. The SMILES string of the molecule is CC(C)CC1(Cc2cccs2)CCCN1. The molecule has 0 spiro atoms. The summed E-state index contributed by atoms with van der Waals surface area (Å²) in [6, 6.07) is 4.44. The lowest BCUT2D eigenvalue weighted by atomic mass is 9.84. The maximum absolute atomic E-state index is 3.75. The van der Waals surface area contributed by atoms with Gasteiger partial charge in [0.15, 0.2) is 0 Å². The third-order valence-electron chi connectivity index (χ3n) is 3.22. The Kier molecular flexibility index (Phi) is 3.47. The van der Waals surface area contributed by atoms with Crippen molar-refractivity contribution in [1.29, 1.82) is 0 Å². The van der Waals surface area contributed by atoms with Gasteiger partial charge in [-0.1, -0.05) is 19.9 Å². The molecule has 0 bridgehead atoms. The van der Waals surface area contributed by atoms with Crippen molar-refractivity contribution < 1.29 is 0 Å². The molecule has 1 atom stereocenters. The first-order valence-electron chi connectivity index (χ1n) is 5.98. The minimum absolute atomic E-state index is 0.402. The Bertz CT molecular complexity index is 283. The van der Waals surface area contributed by atoms with Gasteiger partial charge in [-0.2, -0.15) is 0 Å². The third kappa shape index (κ3) is 2.82. The summed E-state index contributed by atoms with van der Waals surface area (Å²) in [5.41, 5.74) is 0.402. The van der Waals surface area contributed by atoms with Gasteiger partial charge in [-0.05, 0) is 49.6 Å². The van der Waals surface area contributed by atoms with E-state index in [-0.39, 0.29) is 0 Å². The molecule has 1 aromatic rings. The van der Waals surface area contributed by atoms with Crippen molar-refractivity contribution in [2.75, 3.05) is 6.54 Å². The van der Waals surface area contributed by atoms with Gasteiger partial charge >= 0.3 is 0 Å². The molecule has 1 aliphatic heterocycles. The summed E-state index contributed by atoms with van der Waals surface area (Å²) in [4.78, 5) is 1.53. The van der Waals surface area contributed by atoms with Crippen molar-refractivity contribution >= 4 is 11.3 Å². The molecular weight excluding hydrogens is 202 g/mol. The van der Waals surface area contributed by atoms with E-state index in [9.17, 15) is 0 Å². The van der Waals surface area contributed by atoms with Crippen LogP contribution in [0.15, 0.2) is 17.5 Å². The van der Waals surface area contributed by atoms with E-state index < -0.39 is 0 Å². The predicted octanol–water partition coefficient (Wildman–Crippen LogP) is 3.46. The predicted molar refractivity (Wildman–Crippen MR) is 67.4 cm³/mol. The maximum Gasteiger partial charge on any atom is 0.0232 e. The standard InChI is InChI=1S/C13H21NS/c1-11(2)9-13(6-4-7-14-13)10-12-5-3-8-15-12/h3,5,8,11,14H,4,6-7,9-10H2,1-2H3. The second kappa shape index (κ2) is 4.67. The molecule has 1 unspecified atom stereocenters. The van der Waals surface area contributed by atoms with E-state index in [1.165, 1.54) is 37.1 Å². The number of nitrogens with one attached hydrogen (secondary N) is 1. The van der Waals surface area contributed by atoms with Crippen molar-refractivity contribution in [2.45, 2.75) is 45.1 Å². The fourth-order valence-electron chi connectivity index (χ4n) is 2.79. The van der Waals surface area contributed by atoms with Crippen molar-refractivity contribution in [3.05, 3.63) is 22.4 Å². The number of rotatable bonds is 4. The summed E-state index contributed by atoms with van der Waals surface area (Å²) in [6.45, 7) is 5.87. The van der Waals surface area contributed by atoms with Gasteiger partial charge in [0.25, 0.3) is 0 Å². The lowest BCUT2D eigenvalue weighted by Crippen LogP contribution is -2.42. The monoisotopic (exact) mass is 223 g/mol. The van der Waals surface area contributed by atoms with Crippen LogP contribution in [0.2, 0.25) is 0 Å². The highest BCUT2D eigenvalue weighted by Gasteiger charge is 2.34. The fourth-order valence-corrected chi connectivity index (χ4v) is 3.64. The summed E-state index contributed by atoms with van der Waals surface area (Å²) in [6.07, 6.45) is 5.23. The molecule has 2 heteroatoms. The Morgan fingerprint density at radius 1 is 1.53 bits per heavy atom. The summed E-state index contributed by atoms with van der Waals surface area (Å²) in [5.74, 6) is 0.788. The smallest absolute Gasteiger partial charge is 0.0232 e. The molecule has 0 amide bonds. The molecular formula is C13H21NS. The van der Waals surface area contributed by atoms with Crippen LogP contribution in [0.3, 0.4) is 0 Å². The highest BCUT2D eigenvalue weighted by molar-refractivity contribution is 7.09. The highest BCUT2D eigenvalue weighted by Crippen LogP contribution is 2.31. The van der Waals surface area contributed by atoms with Crippen LogP contribution in [0, 0.1) is 5.92 Å².